The standard InChI is InChI=1S/C15H26N4O3.HI/c1-4-16-15(18-8-9-20-2)19-12-13-6-5-7-17-14(13)22-11-10-21-3;/h5-7H,4,8-12H2,1-3H3,(H2,16,18,19);1H. The van der Waals surface area contributed by atoms with Crippen molar-refractivity contribution in [3.05, 3.63) is 23.9 Å². The van der Waals surface area contributed by atoms with E-state index in [4.69, 9.17) is 14.2 Å². The van der Waals surface area contributed by atoms with Crippen LogP contribution in [0.2, 0.25) is 0 Å². The van der Waals surface area contributed by atoms with Gasteiger partial charge in [-0.25, -0.2) is 9.98 Å². The van der Waals surface area contributed by atoms with Gasteiger partial charge in [0.1, 0.15) is 6.61 Å². The summed E-state index contributed by atoms with van der Waals surface area (Å²) in [7, 11) is 3.31. The second-order valence-electron chi connectivity index (χ2n) is 4.42. The Morgan fingerprint density at radius 3 is 2.65 bits per heavy atom. The van der Waals surface area contributed by atoms with Crippen LogP contribution in [-0.2, 0) is 16.0 Å². The van der Waals surface area contributed by atoms with Gasteiger partial charge in [0, 0.05) is 39.1 Å². The number of guanidine groups is 1. The number of hydrogen-bond acceptors (Lipinski definition) is 5. The molecule has 0 saturated heterocycles. The number of halogens is 1. The molecule has 23 heavy (non-hydrogen) atoms. The Morgan fingerprint density at radius 1 is 1.17 bits per heavy atom. The topological polar surface area (TPSA) is 77.0 Å². The van der Waals surface area contributed by atoms with Gasteiger partial charge in [-0.1, -0.05) is 6.07 Å². The van der Waals surface area contributed by atoms with Gasteiger partial charge in [-0.05, 0) is 13.0 Å². The molecule has 0 aliphatic carbocycles. The average molecular weight is 438 g/mol. The van der Waals surface area contributed by atoms with Gasteiger partial charge < -0.3 is 24.8 Å². The van der Waals surface area contributed by atoms with Crippen molar-refractivity contribution in [2.45, 2.75) is 13.5 Å². The average Bonchev–Trinajstić information content (AvgIpc) is 2.54. The molecule has 0 fully saturated rings. The largest absolute Gasteiger partial charge is 0.475 e. The summed E-state index contributed by atoms with van der Waals surface area (Å²) in [5.74, 6) is 1.34. The molecule has 0 atom stereocenters. The zero-order valence-corrected chi connectivity index (χ0v) is 16.3. The molecule has 132 valence electrons. The molecule has 2 N–H and O–H groups in total. The van der Waals surface area contributed by atoms with Gasteiger partial charge in [-0.15, -0.1) is 24.0 Å². The molecule has 0 bridgehead atoms. The third kappa shape index (κ3) is 9.57. The van der Waals surface area contributed by atoms with Crippen LogP contribution < -0.4 is 15.4 Å². The lowest BCUT2D eigenvalue weighted by Gasteiger charge is -2.12. The number of aliphatic imine (C=N–C) groups is 1. The van der Waals surface area contributed by atoms with Crippen molar-refractivity contribution in [3.8, 4) is 5.88 Å². The molecule has 1 aromatic rings. The predicted octanol–water partition coefficient (Wildman–Crippen LogP) is 1.43. The summed E-state index contributed by atoms with van der Waals surface area (Å²) in [5.41, 5.74) is 0.933. The lowest BCUT2D eigenvalue weighted by atomic mass is 10.3. The molecule has 0 radical (unpaired) electrons. The van der Waals surface area contributed by atoms with Crippen molar-refractivity contribution in [1.82, 2.24) is 15.6 Å². The maximum Gasteiger partial charge on any atom is 0.218 e. The molecule has 0 aliphatic rings. The zero-order valence-electron chi connectivity index (χ0n) is 14.0. The Bertz CT molecular complexity index is 446. The number of hydrogen-bond donors (Lipinski definition) is 2. The van der Waals surface area contributed by atoms with Crippen molar-refractivity contribution in [1.29, 1.82) is 0 Å². The lowest BCUT2D eigenvalue weighted by molar-refractivity contribution is 0.143. The molecule has 1 aromatic heterocycles. The van der Waals surface area contributed by atoms with Gasteiger partial charge >= 0.3 is 0 Å². The van der Waals surface area contributed by atoms with Gasteiger partial charge in [-0.3, -0.25) is 0 Å². The van der Waals surface area contributed by atoms with Crippen LogP contribution >= 0.6 is 24.0 Å². The number of ether oxygens (including phenoxy) is 3. The predicted molar refractivity (Wildman–Crippen MR) is 102 cm³/mol. The van der Waals surface area contributed by atoms with Crippen LogP contribution in [-0.4, -0.2) is 58.1 Å². The van der Waals surface area contributed by atoms with Gasteiger partial charge in [0.15, 0.2) is 5.96 Å². The van der Waals surface area contributed by atoms with Crippen LogP contribution in [0.3, 0.4) is 0 Å². The minimum absolute atomic E-state index is 0. The van der Waals surface area contributed by atoms with Crippen LogP contribution in [0, 0.1) is 0 Å². The maximum absolute atomic E-state index is 5.60. The summed E-state index contributed by atoms with van der Waals surface area (Å²) in [6.07, 6.45) is 1.71. The van der Waals surface area contributed by atoms with Crippen LogP contribution in [0.25, 0.3) is 0 Å². The normalized spacial score (nSPS) is 10.8. The first-order chi connectivity index (χ1) is 10.8. The molecule has 0 aromatic carbocycles. The van der Waals surface area contributed by atoms with Crippen LogP contribution in [0.1, 0.15) is 12.5 Å². The molecule has 0 saturated carbocycles. The van der Waals surface area contributed by atoms with E-state index in [1.807, 2.05) is 19.1 Å². The van der Waals surface area contributed by atoms with E-state index in [1.165, 1.54) is 0 Å². The Labute approximate surface area is 155 Å². The van der Waals surface area contributed by atoms with Crippen LogP contribution in [0.5, 0.6) is 5.88 Å². The first kappa shape index (κ1) is 21.9. The minimum atomic E-state index is 0. The fourth-order valence-corrected chi connectivity index (χ4v) is 1.67. The summed E-state index contributed by atoms with van der Waals surface area (Å²) in [4.78, 5) is 8.77. The third-order valence-electron chi connectivity index (χ3n) is 2.73. The van der Waals surface area contributed by atoms with E-state index in [-0.39, 0.29) is 24.0 Å². The van der Waals surface area contributed by atoms with E-state index >= 15 is 0 Å². The summed E-state index contributed by atoms with van der Waals surface area (Å²) in [6.45, 7) is 5.63. The van der Waals surface area contributed by atoms with Gasteiger partial charge in [0.2, 0.25) is 5.88 Å². The second kappa shape index (κ2) is 14.5. The van der Waals surface area contributed by atoms with E-state index in [2.05, 4.69) is 20.6 Å². The maximum atomic E-state index is 5.60. The number of nitrogens with one attached hydrogen (secondary N) is 2. The van der Waals surface area contributed by atoms with E-state index < -0.39 is 0 Å². The van der Waals surface area contributed by atoms with E-state index in [9.17, 15) is 0 Å². The second-order valence-corrected chi connectivity index (χ2v) is 4.42. The monoisotopic (exact) mass is 438 g/mol. The summed E-state index contributed by atoms with van der Waals surface area (Å²) in [5, 5.41) is 6.38. The van der Waals surface area contributed by atoms with Crippen LogP contribution in [0.15, 0.2) is 23.3 Å². The van der Waals surface area contributed by atoms with Crippen molar-refractivity contribution in [2.75, 3.05) is 47.1 Å². The smallest absolute Gasteiger partial charge is 0.218 e. The van der Waals surface area contributed by atoms with Crippen molar-refractivity contribution >= 4 is 29.9 Å². The Hall–Kier alpha value is -1.13. The molecule has 0 spiro atoms. The zero-order chi connectivity index (χ0) is 16.0. The minimum Gasteiger partial charge on any atom is -0.475 e. The quantitative estimate of drug-likeness (QED) is 0.249. The highest BCUT2D eigenvalue weighted by Crippen LogP contribution is 2.15. The number of pyridine rings is 1. The van der Waals surface area contributed by atoms with Crippen molar-refractivity contribution < 1.29 is 14.2 Å². The summed E-state index contributed by atoms with van der Waals surface area (Å²) < 4.78 is 15.6. The van der Waals surface area contributed by atoms with Gasteiger partial charge in [0.25, 0.3) is 0 Å². The molecule has 1 heterocycles. The SMILES string of the molecule is CCNC(=NCc1cccnc1OCCOC)NCCOC.I. The fourth-order valence-electron chi connectivity index (χ4n) is 1.67. The molecular formula is C15H27IN4O3. The molecule has 0 unspecified atom stereocenters. The highest BCUT2D eigenvalue weighted by molar-refractivity contribution is 14.0. The highest BCUT2D eigenvalue weighted by Gasteiger charge is 2.05. The highest BCUT2D eigenvalue weighted by atomic mass is 127. The number of methoxy groups -OCH3 is 2. The van der Waals surface area contributed by atoms with Gasteiger partial charge in [0.05, 0.1) is 19.8 Å². The summed E-state index contributed by atoms with van der Waals surface area (Å²) in [6, 6.07) is 3.83. The van der Waals surface area contributed by atoms with E-state index in [0.29, 0.717) is 38.8 Å². The molecule has 8 heteroatoms. The molecule has 7 nitrogen and oxygen atoms in total. The van der Waals surface area contributed by atoms with Gasteiger partial charge in [-0.2, -0.15) is 0 Å². The Kier molecular flexibility index (Phi) is 13.8. The van der Waals surface area contributed by atoms with E-state index in [0.717, 1.165) is 18.1 Å². The summed E-state index contributed by atoms with van der Waals surface area (Å²) >= 11 is 0. The first-order valence-corrected chi connectivity index (χ1v) is 7.38. The molecule has 0 aliphatic heterocycles. The number of aromatic nitrogens is 1. The Morgan fingerprint density at radius 2 is 1.96 bits per heavy atom. The first-order valence-electron chi connectivity index (χ1n) is 7.38. The molecule has 1 rings (SSSR count). The Balaban J connectivity index is 0.00000484. The third-order valence-corrected chi connectivity index (χ3v) is 2.73. The lowest BCUT2D eigenvalue weighted by Crippen LogP contribution is -2.38. The molecular weight excluding hydrogens is 411 g/mol. The van der Waals surface area contributed by atoms with Crippen LogP contribution in [0.4, 0.5) is 0 Å². The molecule has 0 amide bonds. The van der Waals surface area contributed by atoms with E-state index in [1.54, 1.807) is 20.4 Å². The van der Waals surface area contributed by atoms with Crippen molar-refractivity contribution in [3.63, 3.8) is 0 Å². The number of rotatable bonds is 10. The fraction of sp³-hybridized carbons (Fsp3) is 0.600. The number of nitrogens with zero attached hydrogens (tertiary/aromatic N) is 2. The van der Waals surface area contributed by atoms with Crippen molar-refractivity contribution in [2.24, 2.45) is 4.99 Å².